The van der Waals surface area contributed by atoms with Crippen LogP contribution in [0.2, 0.25) is 0 Å². The summed E-state index contributed by atoms with van der Waals surface area (Å²) in [5.41, 5.74) is 5.77. The first kappa shape index (κ1) is 16.3. The topological polar surface area (TPSA) is 59.6 Å². The van der Waals surface area contributed by atoms with Crippen molar-refractivity contribution in [2.75, 3.05) is 13.1 Å². The molecule has 1 atom stereocenters. The maximum atomic E-state index is 13.1. The molecule has 20 heavy (non-hydrogen) atoms. The molecule has 1 rings (SSSR count). The van der Waals surface area contributed by atoms with Crippen molar-refractivity contribution in [3.8, 4) is 5.75 Å². The van der Waals surface area contributed by atoms with Gasteiger partial charge in [0.15, 0.2) is 5.96 Å². The van der Waals surface area contributed by atoms with Crippen LogP contribution in [0.25, 0.3) is 0 Å². The third-order valence-electron chi connectivity index (χ3n) is 2.69. The molecule has 0 saturated carbocycles. The molecule has 1 unspecified atom stereocenters. The molecule has 1 aromatic carbocycles. The minimum atomic E-state index is -0.302. The number of halogens is 1. The van der Waals surface area contributed by atoms with Crippen LogP contribution >= 0.6 is 0 Å². The molecule has 5 heteroatoms. The van der Waals surface area contributed by atoms with Gasteiger partial charge in [-0.2, -0.15) is 0 Å². The highest BCUT2D eigenvalue weighted by Crippen LogP contribution is 2.14. The van der Waals surface area contributed by atoms with Crippen molar-refractivity contribution < 1.29 is 9.13 Å². The Labute approximate surface area is 120 Å². The summed E-state index contributed by atoms with van der Waals surface area (Å²) in [6.45, 7) is 7.41. The lowest BCUT2D eigenvalue weighted by Crippen LogP contribution is -2.39. The first-order valence-electron chi connectivity index (χ1n) is 6.97. The summed E-state index contributed by atoms with van der Waals surface area (Å²) < 4.78 is 18.8. The van der Waals surface area contributed by atoms with E-state index in [9.17, 15) is 4.39 Å². The van der Waals surface area contributed by atoms with Gasteiger partial charge in [-0.25, -0.2) is 4.39 Å². The van der Waals surface area contributed by atoms with Gasteiger partial charge in [0.2, 0.25) is 0 Å². The summed E-state index contributed by atoms with van der Waals surface area (Å²) >= 11 is 0. The van der Waals surface area contributed by atoms with E-state index in [-0.39, 0.29) is 11.9 Å². The number of ether oxygens (including phenoxy) is 1. The van der Waals surface area contributed by atoms with Gasteiger partial charge in [0.05, 0.1) is 6.54 Å². The number of nitrogens with zero attached hydrogens (tertiary/aromatic N) is 1. The first-order chi connectivity index (χ1) is 9.51. The second-order valence-electron chi connectivity index (χ2n) is 5.11. The van der Waals surface area contributed by atoms with E-state index in [2.05, 4.69) is 24.2 Å². The number of nitrogens with two attached hydrogens (primary N) is 1. The minimum absolute atomic E-state index is 0.0791. The normalized spacial score (nSPS) is 13.3. The second kappa shape index (κ2) is 8.40. The Balaban J connectivity index is 2.45. The van der Waals surface area contributed by atoms with Crippen LogP contribution in [0, 0.1) is 11.7 Å². The Bertz CT molecular complexity index is 435. The Morgan fingerprint density at radius 3 is 2.80 bits per heavy atom. The fraction of sp³-hybridized carbons (Fsp3) is 0.533. The first-order valence-corrected chi connectivity index (χ1v) is 6.97. The molecular weight excluding hydrogens is 257 g/mol. The van der Waals surface area contributed by atoms with Crippen LogP contribution in [0.4, 0.5) is 4.39 Å². The van der Waals surface area contributed by atoms with Gasteiger partial charge in [-0.15, -0.1) is 0 Å². The maximum Gasteiger partial charge on any atom is 0.188 e. The third-order valence-corrected chi connectivity index (χ3v) is 2.69. The number of nitrogens with one attached hydrogen (secondary N) is 1. The van der Waals surface area contributed by atoms with Crippen molar-refractivity contribution >= 4 is 5.96 Å². The van der Waals surface area contributed by atoms with Gasteiger partial charge in [0.25, 0.3) is 0 Å². The molecule has 0 aliphatic rings. The third kappa shape index (κ3) is 6.41. The van der Waals surface area contributed by atoms with Crippen LogP contribution in [0.1, 0.15) is 27.2 Å². The molecule has 0 aromatic heterocycles. The van der Waals surface area contributed by atoms with Crippen LogP contribution in [-0.4, -0.2) is 25.2 Å². The van der Waals surface area contributed by atoms with Crippen LogP contribution in [0.3, 0.4) is 0 Å². The quantitative estimate of drug-likeness (QED) is 0.596. The van der Waals surface area contributed by atoms with Gasteiger partial charge < -0.3 is 15.8 Å². The van der Waals surface area contributed by atoms with E-state index in [0.29, 0.717) is 30.7 Å². The van der Waals surface area contributed by atoms with Crippen molar-refractivity contribution in [1.29, 1.82) is 0 Å². The van der Waals surface area contributed by atoms with Gasteiger partial charge in [-0.1, -0.05) is 26.8 Å². The van der Waals surface area contributed by atoms with E-state index < -0.39 is 0 Å². The summed E-state index contributed by atoms with van der Waals surface area (Å²) in [6, 6.07) is 6.13. The van der Waals surface area contributed by atoms with E-state index in [1.165, 1.54) is 12.1 Å². The molecule has 3 N–H and O–H groups in total. The van der Waals surface area contributed by atoms with Crippen LogP contribution in [-0.2, 0) is 0 Å². The van der Waals surface area contributed by atoms with Crippen molar-refractivity contribution in [2.45, 2.75) is 33.3 Å². The smallest absolute Gasteiger partial charge is 0.188 e. The van der Waals surface area contributed by atoms with Crippen molar-refractivity contribution in [3.05, 3.63) is 30.1 Å². The lowest BCUT2D eigenvalue weighted by molar-refractivity contribution is 0.199. The SMILES string of the molecule is CCC(CNC(N)=NCC(C)C)Oc1cccc(F)c1. The van der Waals surface area contributed by atoms with Crippen LogP contribution in [0.5, 0.6) is 5.75 Å². The van der Waals surface area contributed by atoms with E-state index >= 15 is 0 Å². The Hall–Kier alpha value is -1.78. The molecule has 0 amide bonds. The Kier molecular flexibility index (Phi) is 6.84. The summed E-state index contributed by atoms with van der Waals surface area (Å²) in [5.74, 6) is 1.11. The molecule has 0 aliphatic heterocycles. The number of aliphatic imine (C=N–C) groups is 1. The van der Waals surface area contributed by atoms with Gasteiger partial charge in [-0.05, 0) is 24.5 Å². The number of guanidine groups is 1. The molecule has 0 heterocycles. The predicted octanol–water partition coefficient (Wildman–Crippen LogP) is 2.54. The van der Waals surface area contributed by atoms with Crippen LogP contribution < -0.4 is 15.8 Å². The maximum absolute atomic E-state index is 13.1. The van der Waals surface area contributed by atoms with Gasteiger partial charge >= 0.3 is 0 Å². The van der Waals surface area contributed by atoms with E-state index in [0.717, 1.165) is 6.42 Å². The number of rotatable bonds is 7. The summed E-state index contributed by atoms with van der Waals surface area (Å²) in [6.07, 6.45) is 0.714. The highest BCUT2D eigenvalue weighted by atomic mass is 19.1. The molecule has 1 aromatic rings. The molecule has 0 aliphatic carbocycles. The second-order valence-corrected chi connectivity index (χ2v) is 5.11. The molecule has 0 fully saturated rings. The Morgan fingerprint density at radius 1 is 1.45 bits per heavy atom. The average molecular weight is 281 g/mol. The molecule has 0 spiro atoms. The predicted molar refractivity (Wildman–Crippen MR) is 80.4 cm³/mol. The van der Waals surface area contributed by atoms with Gasteiger partial charge in [0, 0.05) is 12.6 Å². The van der Waals surface area contributed by atoms with Crippen molar-refractivity contribution in [3.63, 3.8) is 0 Å². The molecule has 0 bridgehead atoms. The standard InChI is InChI=1S/C15H24FN3O/c1-4-13(10-19-15(17)18-9-11(2)3)20-14-7-5-6-12(16)8-14/h5-8,11,13H,4,9-10H2,1-3H3,(H3,17,18,19). The lowest BCUT2D eigenvalue weighted by Gasteiger charge is -2.18. The molecule has 0 radical (unpaired) electrons. The number of hydrogen-bond acceptors (Lipinski definition) is 2. The van der Waals surface area contributed by atoms with Crippen molar-refractivity contribution in [1.82, 2.24) is 5.32 Å². The fourth-order valence-electron chi connectivity index (χ4n) is 1.56. The van der Waals surface area contributed by atoms with E-state index in [1.807, 2.05) is 6.92 Å². The van der Waals surface area contributed by atoms with Gasteiger partial charge in [-0.3, -0.25) is 4.99 Å². The monoisotopic (exact) mass is 281 g/mol. The summed E-state index contributed by atoms with van der Waals surface area (Å²) in [4.78, 5) is 4.22. The van der Waals surface area contributed by atoms with Crippen molar-refractivity contribution in [2.24, 2.45) is 16.6 Å². The fourth-order valence-corrected chi connectivity index (χ4v) is 1.56. The molecular formula is C15H24FN3O. The largest absolute Gasteiger partial charge is 0.489 e. The van der Waals surface area contributed by atoms with Gasteiger partial charge in [0.1, 0.15) is 17.7 Å². The molecule has 0 saturated heterocycles. The highest BCUT2D eigenvalue weighted by molar-refractivity contribution is 5.77. The zero-order valence-corrected chi connectivity index (χ0v) is 12.4. The highest BCUT2D eigenvalue weighted by Gasteiger charge is 2.09. The average Bonchev–Trinajstić information content (AvgIpc) is 2.41. The zero-order chi connectivity index (χ0) is 15.0. The number of hydrogen-bond donors (Lipinski definition) is 2. The van der Waals surface area contributed by atoms with E-state index in [1.54, 1.807) is 12.1 Å². The zero-order valence-electron chi connectivity index (χ0n) is 12.4. The summed E-state index contributed by atoms with van der Waals surface area (Å²) in [7, 11) is 0. The minimum Gasteiger partial charge on any atom is -0.489 e. The van der Waals surface area contributed by atoms with E-state index in [4.69, 9.17) is 10.5 Å². The number of benzene rings is 1. The van der Waals surface area contributed by atoms with Crippen LogP contribution in [0.15, 0.2) is 29.3 Å². The molecule has 4 nitrogen and oxygen atoms in total. The Morgan fingerprint density at radius 2 is 2.20 bits per heavy atom. The summed E-state index contributed by atoms with van der Waals surface area (Å²) in [5, 5.41) is 3.03. The lowest BCUT2D eigenvalue weighted by atomic mass is 10.2. The molecule has 112 valence electrons.